The molecule has 0 aliphatic carbocycles. The molecule has 3 unspecified atom stereocenters. The van der Waals surface area contributed by atoms with Crippen LogP contribution in [0.2, 0.25) is 0 Å². The Morgan fingerprint density at radius 3 is 3.00 bits per heavy atom. The van der Waals surface area contributed by atoms with Gasteiger partial charge in [0.25, 0.3) is 0 Å². The molecule has 2 aliphatic heterocycles. The van der Waals surface area contributed by atoms with Crippen LogP contribution in [-0.4, -0.2) is 38.9 Å². The molecule has 0 radical (unpaired) electrons. The highest BCUT2D eigenvalue weighted by atomic mass is 16.5. The summed E-state index contributed by atoms with van der Waals surface area (Å²) in [6.07, 6.45) is 2.36. The van der Waals surface area contributed by atoms with Crippen molar-refractivity contribution in [2.75, 3.05) is 31.7 Å². The molecule has 3 atom stereocenters. The smallest absolute Gasteiger partial charge is 0.0510 e. The predicted octanol–water partition coefficient (Wildman–Crippen LogP) is 2.06. The van der Waals surface area contributed by atoms with Gasteiger partial charge >= 0.3 is 0 Å². The van der Waals surface area contributed by atoms with Crippen LogP contribution in [0, 0.1) is 5.92 Å². The molecule has 3 heteroatoms. The van der Waals surface area contributed by atoms with Gasteiger partial charge in [-0.05, 0) is 38.4 Å². The van der Waals surface area contributed by atoms with Crippen molar-refractivity contribution in [1.82, 2.24) is 5.32 Å². The molecule has 104 valence electrons. The molecular formula is C16H24N2O. The van der Waals surface area contributed by atoms with Gasteiger partial charge in [-0.3, -0.25) is 0 Å². The summed E-state index contributed by atoms with van der Waals surface area (Å²) in [6.45, 7) is 5.25. The molecule has 1 N–H and O–H groups in total. The number of likely N-dealkylation sites (N-methyl/N-ethyl adjacent to an activating group) is 1. The van der Waals surface area contributed by atoms with Gasteiger partial charge < -0.3 is 15.0 Å². The van der Waals surface area contributed by atoms with E-state index in [1.165, 1.54) is 24.1 Å². The fourth-order valence-electron chi connectivity index (χ4n) is 3.47. The lowest BCUT2D eigenvalue weighted by molar-refractivity contribution is 0.178. The number of fused-ring (bicyclic) bond motifs is 1. The lowest BCUT2D eigenvalue weighted by atomic mass is 9.98. The topological polar surface area (TPSA) is 24.5 Å². The van der Waals surface area contributed by atoms with Gasteiger partial charge in [-0.2, -0.15) is 0 Å². The second kappa shape index (κ2) is 5.51. The van der Waals surface area contributed by atoms with Crippen LogP contribution < -0.4 is 10.2 Å². The standard InChI is InChI=1S/C16H24N2O/c1-12-9-13-5-3-4-6-16(13)18(12)10-15(17-2)14-7-8-19-11-14/h3-6,12,14-15,17H,7-11H2,1-2H3. The third-order valence-corrected chi connectivity index (χ3v) is 4.65. The number of benzene rings is 1. The lowest BCUT2D eigenvalue weighted by Gasteiger charge is -2.32. The van der Waals surface area contributed by atoms with Crippen molar-refractivity contribution >= 4 is 5.69 Å². The minimum absolute atomic E-state index is 0.524. The Kier molecular flexibility index (Phi) is 3.76. The Bertz CT molecular complexity index is 429. The molecule has 2 heterocycles. The summed E-state index contributed by atoms with van der Waals surface area (Å²) in [5.74, 6) is 0.657. The molecule has 1 fully saturated rings. The fourth-order valence-corrected chi connectivity index (χ4v) is 3.47. The van der Waals surface area contributed by atoms with Crippen molar-refractivity contribution in [2.45, 2.75) is 31.8 Å². The fraction of sp³-hybridized carbons (Fsp3) is 0.625. The maximum absolute atomic E-state index is 5.54. The summed E-state index contributed by atoms with van der Waals surface area (Å²) in [4.78, 5) is 2.56. The third kappa shape index (κ3) is 2.49. The van der Waals surface area contributed by atoms with Crippen molar-refractivity contribution < 1.29 is 4.74 Å². The Labute approximate surface area is 115 Å². The maximum atomic E-state index is 5.54. The number of rotatable bonds is 4. The molecule has 2 aliphatic rings. The summed E-state index contributed by atoms with van der Waals surface area (Å²) in [5, 5.41) is 3.50. The Morgan fingerprint density at radius 2 is 2.26 bits per heavy atom. The second-order valence-electron chi connectivity index (χ2n) is 5.85. The molecule has 19 heavy (non-hydrogen) atoms. The van der Waals surface area contributed by atoms with E-state index in [1.54, 1.807) is 0 Å². The van der Waals surface area contributed by atoms with E-state index in [0.29, 0.717) is 18.0 Å². The van der Waals surface area contributed by atoms with Crippen LogP contribution in [0.3, 0.4) is 0 Å². The van der Waals surface area contributed by atoms with Gasteiger partial charge in [-0.1, -0.05) is 18.2 Å². The Hall–Kier alpha value is -1.06. The van der Waals surface area contributed by atoms with E-state index in [2.05, 4.69) is 48.5 Å². The molecule has 1 aromatic carbocycles. The van der Waals surface area contributed by atoms with Crippen LogP contribution in [0.25, 0.3) is 0 Å². The van der Waals surface area contributed by atoms with E-state index < -0.39 is 0 Å². The van der Waals surface area contributed by atoms with Crippen molar-refractivity contribution in [2.24, 2.45) is 5.92 Å². The zero-order valence-corrected chi connectivity index (χ0v) is 11.9. The molecule has 0 aromatic heterocycles. The second-order valence-corrected chi connectivity index (χ2v) is 5.85. The van der Waals surface area contributed by atoms with Gasteiger partial charge in [0, 0.05) is 36.8 Å². The largest absolute Gasteiger partial charge is 0.381 e. The number of hydrogen-bond donors (Lipinski definition) is 1. The summed E-state index contributed by atoms with van der Waals surface area (Å²) in [7, 11) is 2.08. The van der Waals surface area contributed by atoms with E-state index >= 15 is 0 Å². The number of hydrogen-bond acceptors (Lipinski definition) is 3. The summed E-state index contributed by atoms with van der Waals surface area (Å²) in [5.41, 5.74) is 2.92. The van der Waals surface area contributed by atoms with Crippen LogP contribution in [0.4, 0.5) is 5.69 Å². The lowest BCUT2D eigenvalue weighted by Crippen LogP contribution is -2.46. The molecule has 0 saturated carbocycles. The zero-order valence-electron chi connectivity index (χ0n) is 11.9. The molecule has 0 bridgehead atoms. The SMILES string of the molecule is CNC(CN1c2ccccc2CC1C)C1CCOC1. The first kappa shape index (κ1) is 12.9. The number of para-hydroxylation sites is 1. The van der Waals surface area contributed by atoms with E-state index in [4.69, 9.17) is 4.74 Å². The Balaban J connectivity index is 1.74. The monoisotopic (exact) mass is 260 g/mol. The first-order valence-corrected chi connectivity index (χ1v) is 7.39. The van der Waals surface area contributed by atoms with Crippen molar-refractivity contribution in [3.8, 4) is 0 Å². The minimum atomic E-state index is 0.524. The normalized spacial score (nSPS) is 27.6. The van der Waals surface area contributed by atoms with Crippen LogP contribution in [0.15, 0.2) is 24.3 Å². The molecule has 0 amide bonds. The first-order chi connectivity index (χ1) is 9.29. The number of nitrogens with one attached hydrogen (secondary N) is 1. The van der Waals surface area contributed by atoms with Gasteiger partial charge in [0.05, 0.1) is 6.61 Å². The molecule has 3 nitrogen and oxygen atoms in total. The molecule has 0 spiro atoms. The highest BCUT2D eigenvalue weighted by Crippen LogP contribution is 2.32. The van der Waals surface area contributed by atoms with Crippen molar-refractivity contribution in [1.29, 1.82) is 0 Å². The van der Waals surface area contributed by atoms with E-state index in [0.717, 1.165) is 19.8 Å². The van der Waals surface area contributed by atoms with E-state index in [9.17, 15) is 0 Å². The number of anilines is 1. The van der Waals surface area contributed by atoms with Gasteiger partial charge in [-0.25, -0.2) is 0 Å². The zero-order chi connectivity index (χ0) is 13.2. The average molecular weight is 260 g/mol. The maximum Gasteiger partial charge on any atom is 0.0510 e. The number of ether oxygens (including phenoxy) is 1. The van der Waals surface area contributed by atoms with Crippen molar-refractivity contribution in [3.05, 3.63) is 29.8 Å². The number of nitrogens with zero attached hydrogens (tertiary/aromatic N) is 1. The Morgan fingerprint density at radius 1 is 1.42 bits per heavy atom. The van der Waals surface area contributed by atoms with Crippen LogP contribution >= 0.6 is 0 Å². The first-order valence-electron chi connectivity index (χ1n) is 7.39. The van der Waals surface area contributed by atoms with E-state index in [-0.39, 0.29) is 0 Å². The van der Waals surface area contributed by atoms with Gasteiger partial charge in [-0.15, -0.1) is 0 Å². The van der Waals surface area contributed by atoms with Gasteiger partial charge in [0.1, 0.15) is 0 Å². The highest BCUT2D eigenvalue weighted by Gasteiger charge is 2.31. The third-order valence-electron chi connectivity index (χ3n) is 4.65. The van der Waals surface area contributed by atoms with Crippen molar-refractivity contribution in [3.63, 3.8) is 0 Å². The predicted molar refractivity (Wildman–Crippen MR) is 78.7 cm³/mol. The molecule has 1 saturated heterocycles. The van der Waals surface area contributed by atoms with Gasteiger partial charge in [0.15, 0.2) is 0 Å². The molecule has 3 rings (SSSR count). The minimum Gasteiger partial charge on any atom is -0.381 e. The molecule has 1 aromatic rings. The van der Waals surface area contributed by atoms with Gasteiger partial charge in [0.2, 0.25) is 0 Å². The highest BCUT2D eigenvalue weighted by molar-refractivity contribution is 5.59. The molecular weight excluding hydrogens is 236 g/mol. The average Bonchev–Trinajstić information content (AvgIpc) is 3.04. The summed E-state index contributed by atoms with van der Waals surface area (Å²) < 4.78 is 5.54. The van der Waals surface area contributed by atoms with Crippen LogP contribution in [-0.2, 0) is 11.2 Å². The quantitative estimate of drug-likeness (QED) is 0.897. The van der Waals surface area contributed by atoms with Crippen LogP contribution in [0.5, 0.6) is 0 Å². The van der Waals surface area contributed by atoms with E-state index in [1.807, 2.05) is 0 Å². The summed E-state index contributed by atoms with van der Waals surface area (Å²) in [6, 6.07) is 9.95. The van der Waals surface area contributed by atoms with Crippen LogP contribution in [0.1, 0.15) is 18.9 Å². The summed E-state index contributed by atoms with van der Waals surface area (Å²) >= 11 is 0.